The van der Waals surface area contributed by atoms with E-state index in [2.05, 4.69) is 16.8 Å². The standard InChI is InChI=1S/C8H18NO4P/c1-6-3-4-8(7(2)9-6)5-13-14(10,11)12/h6-9H,3-5H2,1-2H3,(H2,10,11,12). The molecular formula is C8H18NO4P. The number of phosphoric ester groups is 1. The van der Waals surface area contributed by atoms with E-state index in [1.54, 1.807) is 0 Å². The monoisotopic (exact) mass is 223 g/mol. The van der Waals surface area contributed by atoms with Crippen LogP contribution < -0.4 is 5.32 Å². The second-order valence-corrected chi connectivity index (χ2v) is 5.22. The van der Waals surface area contributed by atoms with Crippen LogP contribution in [0.2, 0.25) is 0 Å². The van der Waals surface area contributed by atoms with Crippen molar-refractivity contribution in [3.8, 4) is 0 Å². The predicted octanol–water partition coefficient (Wildman–Crippen LogP) is 0.872. The van der Waals surface area contributed by atoms with Crippen LogP contribution in [-0.2, 0) is 9.09 Å². The van der Waals surface area contributed by atoms with Crippen LogP contribution in [-0.4, -0.2) is 28.5 Å². The van der Waals surface area contributed by atoms with Gasteiger partial charge in [-0.25, -0.2) is 4.57 Å². The fourth-order valence-electron chi connectivity index (χ4n) is 1.80. The Kier molecular flexibility index (Phi) is 4.10. The Hall–Kier alpha value is 0.0700. The van der Waals surface area contributed by atoms with Crippen LogP contribution in [0.3, 0.4) is 0 Å². The predicted molar refractivity (Wildman–Crippen MR) is 52.8 cm³/mol. The smallest absolute Gasteiger partial charge is 0.311 e. The molecule has 1 heterocycles. The fourth-order valence-corrected chi connectivity index (χ4v) is 2.19. The molecule has 1 aliphatic heterocycles. The Labute approximate surface area is 84.1 Å². The highest BCUT2D eigenvalue weighted by Gasteiger charge is 2.27. The van der Waals surface area contributed by atoms with Crippen LogP contribution >= 0.6 is 7.82 Å². The first-order valence-electron chi connectivity index (χ1n) is 4.84. The average molecular weight is 223 g/mol. The molecule has 0 saturated carbocycles. The summed E-state index contributed by atoms with van der Waals surface area (Å²) in [7, 11) is -4.30. The van der Waals surface area contributed by atoms with E-state index in [-0.39, 0.29) is 18.6 Å². The third kappa shape index (κ3) is 4.07. The average Bonchev–Trinajstić information content (AvgIpc) is 2.00. The summed E-state index contributed by atoms with van der Waals surface area (Å²) in [5.74, 6) is 0.193. The molecule has 1 fully saturated rings. The van der Waals surface area contributed by atoms with Crippen LogP contribution in [0.4, 0.5) is 0 Å². The van der Waals surface area contributed by atoms with Crippen LogP contribution in [0.25, 0.3) is 0 Å². The minimum absolute atomic E-state index is 0.130. The summed E-state index contributed by atoms with van der Waals surface area (Å²) < 4.78 is 15.0. The minimum Gasteiger partial charge on any atom is -0.311 e. The van der Waals surface area contributed by atoms with E-state index in [1.165, 1.54) is 0 Å². The first-order valence-corrected chi connectivity index (χ1v) is 6.37. The van der Waals surface area contributed by atoms with E-state index in [1.807, 2.05) is 6.92 Å². The van der Waals surface area contributed by atoms with E-state index in [9.17, 15) is 4.57 Å². The summed E-state index contributed by atoms with van der Waals surface area (Å²) in [6.07, 6.45) is 1.98. The van der Waals surface area contributed by atoms with Gasteiger partial charge in [-0.05, 0) is 32.6 Å². The highest BCUT2D eigenvalue weighted by molar-refractivity contribution is 7.46. The van der Waals surface area contributed by atoms with E-state index in [0.29, 0.717) is 6.04 Å². The zero-order chi connectivity index (χ0) is 10.8. The molecule has 14 heavy (non-hydrogen) atoms. The van der Waals surface area contributed by atoms with Crippen molar-refractivity contribution in [2.75, 3.05) is 6.61 Å². The topological polar surface area (TPSA) is 78.8 Å². The summed E-state index contributed by atoms with van der Waals surface area (Å²) >= 11 is 0. The molecule has 0 aliphatic carbocycles. The van der Waals surface area contributed by atoms with Crippen LogP contribution in [0.5, 0.6) is 0 Å². The van der Waals surface area contributed by atoms with Crippen LogP contribution in [0.15, 0.2) is 0 Å². The summed E-state index contributed by atoms with van der Waals surface area (Å²) in [5, 5.41) is 3.33. The quantitative estimate of drug-likeness (QED) is 0.619. The Balaban J connectivity index is 2.35. The fraction of sp³-hybridized carbons (Fsp3) is 1.00. The van der Waals surface area contributed by atoms with Gasteiger partial charge < -0.3 is 15.1 Å². The molecule has 0 aromatic rings. The molecule has 5 nitrogen and oxygen atoms in total. The Bertz CT molecular complexity index is 229. The largest absolute Gasteiger partial charge is 0.469 e. The molecular weight excluding hydrogens is 205 g/mol. The van der Waals surface area contributed by atoms with E-state index in [4.69, 9.17) is 9.79 Å². The lowest BCUT2D eigenvalue weighted by atomic mass is 9.90. The molecule has 0 bridgehead atoms. The molecule has 0 spiro atoms. The molecule has 3 atom stereocenters. The lowest BCUT2D eigenvalue weighted by Gasteiger charge is -2.33. The van der Waals surface area contributed by atoms with Gasteiger partial charge in [-0.1, -0.05) is 0 Å². The van der Waals surface area contributed by atoms with Gasteiger partial charge in [0, 0.05) is 12.1 Å². The number of hydrogen-bond donors (Lipinski definition) is 3. The first-order chi connectivity index (χ1) is 6.38. The van der Waals surface area contributed by atoms with Gasteiger partial charge in [-0.2, -0.15) is 0 Å². The first kappa shape index (κ1) is 12.1. The highest BCUT2D eigenvalue weighted by Crippen LogP contribution is 2.37. The van der Waals surface area contributed by atoms with E-state index < -0.39 is 7.82 Å². The molecule has 1 saturated heterocycles. The van der Waals surface area contributed by atoms with Gasteiger partial charge in [0.1, 0.15) is 0 Å². The van der Waals surface area contributed by atoms with Crippen molar-refractivity contribution in [3.63, 3.8) is 0 Å². The van der Waals surface area contributed by atoms with Crippen molar-refractivity contribution in [2.24, 2.45) is 5.92 Å². The van der Waals surface area contributed by atoms with Crippen molar-refractivity contribution in [2.45, 2.75) is 38.8 Å². The molecule has 1 rings (SSSR count). The lowest BCUT2D eigenvalue weighted by Crippen LogP contribution is -2.45. The van der Waals surface area contributed by atoms with Gasteiger partial charge in [0.05, 0.1) is 6.61 Å². The number of piperidine rings is 1. The molecule has 0 aromatic heterocycles. The molecule has 84 valence electrons. The van der Waals surface area contributed by atoms with Gasteiger partial charge >= 0.3 is 7.82 Å². The third-order valence-corrected chi connectivity index (χ3v) is 3.17. The number of phosphoric acid groups is 1. The summed E-state index contributed by atoms with van der Waals surface area (Å²) in [6.45, 7) is 4.26. The number of rotatable bonds is 3. The summed E-state index contributed by atoms with van der Waals surface area (Å²) in [6, 6.07) is 0.738. The zero-order valence-corrected chi connectivity index (χ0v) is 9.41. The maximum atomic E-state index is 10.5. The number of hydrogen-bond acceptors (Lipinski definition) is 3. The molecule has 3 N–H and O–H groups in total. The Morgan fingerprint density at radius 3 is 2.57 bits per heavy atom. The molecule has 6 heteroatoms. The Morgan fingerprint density at radius 2 is 2.07 bits per heavy atom. The molecule has 0 aromatic carbocycles. The van der Waals surface area contributed by atoms with Gasteiger partial charge in [-0.3, -0.25) is 4.52 Å². The van der Waals surface area contributed by atoms with Crippen molar-refractivity contribution >= 4 is 7.82 Å². The van der Waals surface area contributed by atoms with Crippen molar-refractivity contribution in [3.05, 3.63) is 0 Å². The normalized spacial score (nSPS) is 34.4. The Morgan fingerprint density at radius 1 is 1.43 bits per heavy atom. The van der Waals surface area contributed by atoms with Crippen molar-refractivity contribution < 1.29 is 18.9 Å². The van der Waals surface area contributed by atoms with Gasteiger partial charge in [0.25, 0.3) is 0 Å². The van der Waals surface area contributed by atoms with Gasteiger partial charge in [0.15, 0.2) is 0 Å². The maximum absolute atomic E-state index is 10.5. The van der Waals surface area contributed by atoms with Crippen molar-refractivity contribution in [1.82, 2.24) is 5.32 Å². The van der Waals surface area contributed by atoms with Gasteiger partial charge in [0.2, 0.25) is 0 Å². The second-order valence-electron chi connectivity index (χ2n) is 3.98. The van der Waals surface area contributed by atoms with Crippen LogP contribution in [0.1, 0.15) is 26.7 Å². The molecule has 0 radical (unpaired) electrons. The molecule has 0 amide bonds. The van der Waals surface area contributed by atoms with Gasteiger partial charge in [-0.15, -0.1) is 0 Å². The second kappa shape index (κ2) is 4.73. The summed E-state index contributed by atoms with van der Waals surface area (Å²) in [5.41, 5.74) is 0. The van der Waals surface area contributed by atoms with Crippen molar-refractivity contribution in [1.29, 1.82) is 0 Å². The van der Waals surface area contributed by atoms with E-state index in [0.717, 1.165) is 12.8 Å². The highest BCUT2D eigenvalue weighted by atomic mass is 31.2. The molecule has 1 aliphatic rings. The maximum Gasteiger partial charge on any atom is 0.469 e. The van der Waals surface area contributed by atoms with E-state index >= 15 is 0 Å². The summed E-state index contributed by atoms with van der Waals surface area (Å²) in [4.78, 5) is 17.1. The SMILES string of the molecule is CC1CCC(COP(=O)(O)O)C(C)N1. The zero-order valence-electron chi connectivity index (χ0n) is 8.51. The molecule has 3 unspecified atom stereocenters. The lowest BCUT2D eigenvalue weighted by molar-refractivity contribution is 0.128. The minimum atomic E-state index is -4.30. The van der Waals surface area contributed by atoms with Crippen LogP contribution in [0, 0.1) is 5.92 Å². The third-order valence-electron chi connectivity index (χ3n) is 2.68. The number of nitrogens with one attached hydrogen (secondary N) is 1.